The molecule has 2 amide bonds. The fourth-order valence-corrected chi connectivity index (χ4v) is 3.68. The van der Waals surface area contributed by atoms with Crippen LogP contribution in [-0.2, 0) is 0 Å². The minimum atomic E-state index is 0.257. The second-order valence-corrected chi connectivity index (χ2v) is 6.64. The van der Waals surface area contributed by atoms with Gasteiger partial charge in [0, 0.05) is 45.3 Å². The molecule has 2 fully saturated rings. The highest BCUT2D eigenvalue weighted by atomic mass is 16.2. The standard InChI is InChI=1S/C16H32N4O/c1-3-15(6-7-17)18-9-11-19(12-10-18)16(21)20-8-4-5-14(2)13-20/h14-15H,3-13,17H2,1-2H3. The number of hydrogen-bond acceptors (Lipinski definition) is 3. The van der Waals surface area contributed by atoms with Gasteiger partial charge in [-0.15, -0.1) is 0 Å². The first-order valence-corrected chi connectivity index (χ1v) is 8.63. The number of likely N-dealkylation sites (tertiary alicyclic amines) is 1. The third kappa shape index (κ3) is 4.33. The predicted molar refractivity (Wildman–Crippen MR) is 86.3 cm³/mol. The topological polar surface area (TPSA) is 52.8 Å². The van der Waals surface area contributed by atoms with Crippen molar-refractivity contribution in [3.05, 3.63) is 0 Å². The molecule has 0 aromatic heterocycles. The van der Waals surface area contributed by atoms with Crippen LogP contribution >= 0.6 is 0 Å². The maximum atomic E-state index is 12.6. The molecule has 5 nitrogen and oxygen atoms in total. The number of carbonyl (C=O) groups is 1. The molecule has 2 heterocycles. The lowest BCUT2D eigenvalue weighted by atomic mass is 10.0. The molecule has 2 aliphatic rings. The predicted octanol–water partition coefficient (Wildman–Crippen LogP) is 1.58. The van der Waals surface area contributed by atoms with E-state index in [9.17, 15) is 4.79 Å². The molecule has 0 radical (unpaired) electrons. The third-order valence-corrected chi connectivity index (χ3v) is 5.00. The van der Waals surface area contributed by atoms with Crippen molar-refractivity contribution in [1.82, 2.24) is 14.7 Å². The van der Waals surface area contributed by atoms with E-state index in [0.29, 0.717) is 12.0 Å². The number of rotatable bonds is 4. The Kier molecular flexibility index (Phi) is 6.30. The fourth-order valence-electron chi connectivity index (χ4n) is 3.68. The fraction of sp³-hybridized carbons (Fsp3) is 0.938. The van der Waals surface area contributed by atoms with Crippen LogP contribution in [0.5, 0.6) is 0 Å². The molecule has 0 spiro atoms. The van der Waals surface area contributed by atoms with Crippen molar-refractivity contribution in [1.29, 1.82) is 0 Å². The highest BCUT2D eigenvalue weighted by molar-refractivity contribution is 5.74. The monoisotopic (exact) mass is 296 g/mol. The number of carbonyl (C=O) groups excluding carboxylic acids is 1. The van der Waals surface area contributed by atoms with E-state index in [1.54, 1.807) is 0 Å². The summed E-state index contributed by atoms with van der Waals surface area (Å²) in [5.74, 6) is 0.651. The van der Waals surface area contributed by atoms with Crippen LogP contribution in [0.2, 0.25) is 0 Å². The van der Waals surface area contributed by atoms with Gasteiger partial charge in [-0.1, -0.05) is 13.8 Å². The summed E-state index contributed by atoms with van der Waals surface area (Å²) in [6, 6.07) is 0.843. The molecule has 2 atom stereocenters. The lowest BCUT2D eigenvalue weighted by molar-refractivity contribution is 0.0798. The normalized spacial score (nSPS) is 26.0. The average Bonchev–Trinajstić information content (AvgIpc) is 2.52. The Morgan fingerprint density at radius 3 is 2.48 bits per heavy atom. The van der Waals surface area contributed by atoms with Crippen molar-refractivity contribution in [2.75, 3.05) is 45.8 Å². The SMILES string of the molecule is CCC(CCN)N1CCN(C(=O)N2CCCC(C)C2)CC1. The van der Waals surface area contributed by atoms with Crippen LogP contribution in [0.1, 0.15) is 39.5 Å². The minimum Gasteiger partial charge on any atom is -0.330 e. The number of nitrogens with two attached hydrogens (primary N) is 1. The zero-order valence-corrected chi connectivity index (χ0v) is 13.8. The first kappa shape index (κ1) is 16.6. The lowest BCUT2D eigenvalue weighted by Crippen LogP contribution is -2.56. The summed E-state index contributed by atoms with van der Waals surface area (Å²) >= 11 is 0. The van der Waals surface area contributed by atoms with E-state index >= 15 is 0 Å². The Morgan fingerprint density at radius 1 is 1.19 bits per heavy atom. The molecule has 2 rings (SSSR count). The second kappa shape index (κ2) is 7.99. The van der Waals surface area contributed by atoms with E-state index in [4.69, 9.17) is 5.73 Å². The Hall–Kier alpha value is -0.810. The maximum absolute atomic E-state index is 12.6. The van der Waals surface area contributed by atoms with Crippen LogP contribution in [0, 0.1) is 5.92 Å². The van der Waals surface area contributed by atoms with Crippen LogP contribution < -0.4 is 5.73 Å². The summed E-state index contributed by atoms with van der Waals surface area (Å²) < 4.78 is 0. The molecule has 5 heteroatoms. The molecule has 0 bridgehead atoms. The van der Waals surface area contributed by atoms with Crippen molar-refractivity contribution >= 4 is 6.03 Å². The van der Waals surface area contributed by atoms with Gasteiger partial charge in [0.15, 0.2) is 0 Å². The zero-order valence-electron chi connectivity index (χ0n) is 13.8. The molecule has 2 unspecified atom stereocenters. The number of piperazine rings is 1. The van der Waals surface area contributed by atoms with Crippen molar-refractivity contribution in [3.8, 4) is 0 Å². The first-order valence-electron chi connectivity index (χ1n) is 8.63. The molecular weight excluding hydrogens is 264 g/mol. The second-order valence-electron chi connectivity index (χ2n) is 6.64. The molecule has 0 aromatic carbocycles. The molecule has 0 saturated carbocycles. The highest BCUT2D eigenvalue weighted by Gasteiger charge is 2.29. The maximum Gasteiger partial charge on any atom is 0.320 e. The van der Waals surface area contributed by atoms with Crippen molar-refractivity contribution in [2.45, 2.75) is 45.6 Å². The van der Waals surface area contributed by atoms with Gasteiger partial charge in [-0.25, -0.2) is 4.79 Å². The highest BCUT2D eigenvalue weighted by Crippen LogP contribution is 2.18. The molecule has 21 heavy (non-hydrogen) atoms. The Labute approximate surface area is 129 Å². The molecule has 0 aromatic rings. The average molecular weight is 296 g/mol. The third-order valence-electron chi connectivity index (χ3n) is 5.00. The molecule has 122 valence electrons. The van der Waals surface area contributed by atoms with Crippen LogP contribution in [0.25, 0.3) is 0 Å². The number of piperidine rings is 1. The van der Waals surface area contributed by atoms with Gasteiger partial charge < -0.3 is 15.5 Å². The summed E-state index contributed by atoms with van der Waals surface area (Å²) in [5, 5.41) is 0. The summed E-state index contributed by atoms with van der Waals surface area (Å²) in [5.41, 5.74) is 5.70. The van der Waals surface area contributed by atoms with Gasteiger partial charge in [0.1, 0.15) is 0 Å². The summed E-state index contributed by atoms with van der Waals surface area (Å²) in [7, 11) is 0. The van der Waals surface area contributed by atoms with Crippen molar-refractivity contribution in [3.63, 3.8) is 0 Å². The van der Waals surface area contributed by atoms with Gasteiger partial charge in [-0.2, -0.15) is 0 Å². The van der Waals surface area contributed by atoms with Crippen molar-refractivity contribution in [2.24, 2.45) is 11.7 Å². The number of urea groups is 1. The molecule has 0 aliphatic carbocycles. The molecule has 2 N–H and O–H groups in total. The van der Waals surface area contributed by atoms with E-state index in [0.717, 1.165) is 65.1 Å². The van der Waals surface area contributed by atoms with Crippen LogP contribution in [0.15, 0.2) is 0 Å². The van der Waals surface area contributed by atoms with E-state index in [1.807, 2.05) is 4.90 Å². The largest absolute Gasteiger partial charge is 0.330 e. The molecular formula is C16H32N4O. The Bertz CT molecular complexity index is 328. The van der Waals surface area contributed by atoms with Crippen molar-refractivity contribution < 1.29 is 4.79 Å². The van der Waals surface area contributed by atoms with E-state index < -0.39 is 0 Å². The smallest absolute Gasteiger partial charge is 0.320 e. The van der Waals surface area contributed by atoms with Gasteiger partial charge in [-0.05, 0) is 38.1 Å². The minimum absolute atomic E-state index is 0.257. The van der Waals surface area contributed by atoms with Crippen LogP contribution in [-0.4, -0.2) is 72.6 Å². The van der Waals surface area contributed by atoms with E-state index in [-0.39, 0.29) is 6.03 Å². The molecule has 2 saturated heterocycles. The zero-order chi connectivity index (χ0) is 15.2. The van der Waals surface area contributed by atoms with E-state index in [1.165, 1.54) is 6.42 Å². The summed E-state index contributed by atoms with van der Waals surface area (Å²) in [6.45, 7) is 10.8. The molecule has 2 aliphatic heterocycles. The van der Waals surface area contributed by atoms with Crippen LogP contribution in [0.3, 0.4) is 0 Å². The summed E-state index contributed by atoms with van der Waals surface area (Å²) in [4.78, 5) is 19.2. The Morgan fingerprint density at radius 2 is 1.90 bits per heavy atom. The van der Waals surface area contributed by atoms with E-state index in [2.05, 4.69) is 23.6 Å². The summed E-state index contributed by atoms with van der Waals surface area (Å²) in [6.07, 6.45) is 4.62. The van der Waals surface area contributed by atoms with Crippen LogP contribution in [0.4, 0.5) is 4.79 Å². The quantitative estimate of drug-likeness (QED) is 0.857. The first-order chi connectivity index (χ1) is 10.2. The number of amides is 2. The van der Waals surface area contributed by atoms with Gasteiger partial charge in [0.2, 0.25) is 0 Å². The number of nitrogens with zero attached hydrogens (tertiary/aromatic N) is 3. The number of hydrogen-bond donors (Lipinski definition) is 1. The van der Waals surface area contributed by atoms with Gasteiger partial charge in [0.25, 0.3) is 0 Å². The van der Waals surface area contributed by atoms with Gasteiger partial charge in [-0.3, -0.25) is 4.90 Å². The Balaban J connectivity index is 1.81. The van der Waals surface area contributed by atoms with Gasteiger partial charge >= 0.3 is 6.03 Å². The lowest BCUT2D eigenvalue weighted by Gasteiger charge is -2.42. The van der Waals surface area contributed by atoms with Gasteiger partial charge in [0.05, 0.1) is 0 Å².